The zero-order valence-corrected chi connectivity index (χ0v) is 12.6. The van der Waals surface area contributed by atoms with E-state index in [1.807, 2.05) is 0 Å². The summed E-state index contributed by atoms with van der Waals surface area (Å²) in [7, 11) is 1.47. The topological polar surface area (TPSA) is 98.6 Å². The highest BCUT2D eigenvalue weighted by Gasteiger charge is 2.22. The van der Waals surface area contributed by atoms with Gasteiger partial charge in [-0.05, 0) is 18.2 Å². The summed E-state index contributed by atoms with van der Waals surface area (Å²) in [5, 5.41) is 21.9. The summed E-state index contributed by atoms with van der Waals surface area (Å²) in [5.41, 5.74) is 6.50. The number of nitro groups is 1. The number of nitro benzene ring substituents is 1. The third-order valence-electron chi connectivity index (χ3n) is 3.29. The average Bonchev–Trinajstić information content (AvgIpc) is 2.48. The number of benzene rings is 2. The van der Waals surface area contributed by atoms with E-state index < -0.39 is 11.0 Å². The van der Waals surface area contributed by atoms with E-state index in [4.69, 9.17) is 22.1 Å². The van der Waals surface area contributed by atoms with Crippen molar-refractivity contribution >= 4 is 23.0 Å². The van der Waals surface area contributed by atoms with E-state index in [0.717, 1.165) is 0 Å². The predicted molar refractivity (Wildman–Crippen MR) is 84.2 cm³/mol. The predicted octanol–water partition coefficient (Wildman–Crippen LogP) is 3.12. The van der Waals surface area contributed by atoms with Crippen LogP contribution in [0.3, 0.4) is 0 Å². The second-order valence-electron chi connectivity index (χ2n) is 4.72. The molecule has 6 nitrogen and oxygen atoms in total. The molecule has 116 valence electrons. The molecule has 0 heterocycles. The smallest absolute Gasteiger partial charge is 0.274 e. The normalized spacial score (nSPS) is 12.0. The lowest BCUT2D eigenvalue weighted by atomic mass is 9.99. The van der Waals surface area contributed by atoms with Crippen LogP contribution in [0.4, 0.5) is 11.4 Å². The molecule has 0 aliphatic carbocycles. The van der Waals surface area contributed by atoms with E-state index in [0.29, 0.717) is 27.6 Å². The quantitative estimate of drug-likeness (QED) is 0.500. The van der Waals surface area contributed by atoms with Gasteiger partial charge in [-0.25, -0.2) is 0 Å². The highest BCUT2D eigenvalue weighted by Crippen LogP contribution is 2.35. The monoisotopic (exact) mass is 322 g/mol. The molecule has 1 unspecified atom stereocenters. The van der Waals surface area contributed by atoms with Crippen LogP contribution in [0.25, 0.3) is 0 Å². The zero-order chi connectivity index (χ0) is 16.3. The summed E-state index contributed by atoms with van der Waals surface area (Å²) in [6.07, 6.45) is -1.01. The van der Waals surface area contributed by atoms with Gasteiger partial charge in [0.05, 0.1) is 23.2 Å². The molecule has 0 saturated carbocycles. The molecule has 0 aliphatic rings. The largest absolute Gasteiger partial charge is 0.496 e. The maximum Gasteiger partial charge on any atom is 0.274 e. The van der Waals surface area contributed by atoms with Crippen LogP contribution in [-0.2, 0) is 6.42 Å². The summed E-state index contributed by atoms with van der Waals surface area (Å²) in [6.45, 7) is 0. The Balaban J connectivity index is 2.38. The molecule has 22 heavy (non-hydrogen) atoms. The van der Waals surface area contributed by atoms with Gasteiger partial charge in [-0.3, -0.25) is 10.1 Å². The van der Waals surface area contributed by atoms with E-state index in [-0.39, 0.29) is 12.1 Å². The second kappa shape index (κ2) is 6.64. The first kappa shape index (κ1) is 16.1. The van der Waals surface area contributed by atoms with Gasteiger partial charge < -0.3 is 15.6 Å². The highest BCUT2D eigenvalue weighted by molar-refractivity contribution is 6.31. The molecule has 2 rings (SSSR count). The molecule has 7 heteroatoms. The Kier molecular flexibility index (Phi) is 4.85. The SMILES string of the molecule is COc1cccc(Cl)c1C(O)Cc1ccc(N)cc1[N+](=O)[O-]. The molecule has 1 atom stereocenters. The number of hydrogen-bond acceptors (Lipinski definition) is 5. The van der Waals surface area contributed by atoms with Gasteiger partial charge in [0.25, 0.3) is 5.69 Å². The lowest BCUT2D eigenvalue weighted by molar-refractivity contribution is -0.385. The van der Waals surface area contributed by atoms with E-state index >= 15 is 0 Å². The summed E-state index contributed by atoms with van der Waals surface area (Å²) in [6, 6.07) is 9.34. The Hall–Kier alpha value is -2.31. The summed E-state index contributed by atoms with van der Waals surface area (Å²) < 4.78 is 5.18. The summed E-state index contributed by atoms with van der Waals surface area (Å²) in [4.78, 5) is 10.6. The van der Waals surface area contributed by atoms with E-state index in [1.165, 1.54) is 19.2 Å². The number of hydrogen-bond donors (Lipinski definition) is 2. The molecule has 0 aliphatic heterocycles. The number of nitrogens with two attached hydrogens (primary N) is 1. The Bertz CT molecular complexity index is 706. The van der Waals surface area contributed by atoms with Crippen molar-refractivity contribution in [2.45, 2.75) is 12.5 Å². The lowest BCUT2D eigenvalue weighted by Gasteiger charge is -2.16. The number of rotatable bonds is 5. The fourth-order valence-corrected chi connectivity index (χ4v) is 2.54. The molecule has 2 aromatic carbocycles. The average molecular weight is 323 g/mol. The van der Waals surface area contributed by atoms with Crippen molar-refractivity contribution in [1.29, 1.82) is 0 Å². The van der Waals surface area contributed by atoms with Crippen LogP contribution in [0.5, 0.6) is 5.75 Å². The number of halogens is 1. The van der Waals surface area contributed by atoms with E-state index in [9.17, 15) is 15.2 Å². The molecule has 2 aromatic rings. The van der Waals surface area contributed by atoms with Gasteiger partial charge in [0.15, 0.2) is 0 Å². The number of methoxy groups -OCH3 is 1. The summed E-state index contributed by atoms with van der Waals surface area (Å²) in [5.74, 6) is 0.429. The van der Waals surface area contributed by atoms with Crippen molar-refractivity contribution in [2.24, 2.45) is 0 Å². The molecule has 0 saturated heterocycles. The highest BCUT2D eigenvalue weighted by atomic mass is 35.5. The number of aliphatic hydroxyl groups excluding tert-OH is 1. The molecule has 0 amide bonds. The van der Waals surface area contributed by atoms with Crippen LogP contribution < -0.4 is 10.5 Å². The van der Waals surface area contributed by atoms with Gasteiger partial charge in [0.1, 0.15) is 5.75 Å². The second-order valence-corrected chi connectivity index (χ2v) is 5.13. The Morgan fingerprint density at radius 2 is 2.14 bits per heavy atom. The molecular formula is C15H15ClN2O4. The minimum absolute atomic E-state index is 0.0245. The van der Waals surface area contributed by atoms with Crippen LogP contribution in [0, 0.1) is 10.1 Å². The third kappa shape index (κ3) is 3.29. The van der Waals surface area contributed by atoms with Gasteiger partial charge in [0, 0.05) is 29.3 Å². The van der Waals surface area contributed by atoms with Crippen molar-refractivity contribution in [3.05, 3.63) is 62.7 Å². The number of anilines is 1. The van der Waals surface area contributed by atoms with Crippen molar-refractivity contribution in [2.75, 3.05) is 12.8 Å². The van der Waals surface area contributed by atoms with Gasteiger partial charge >= 0.3 is 0 Å². The van der Waals surface area contributed by atoms with Crippen molar-refractivity contribution < 1.29 is 14.8 Å². The fraction of sp³-hybridized carbons (Fsp3) is 0.200. The molecule has 0 spiro atoms. The minimum atomic E-state index is -1.04. The van der Waals surface area contributed by atoms with Gasteiger partial charge in [-0.1, -0.05) is 23.7 Å². The van der Waals surface area contributed by atoms with Gasteiger partial charge in [-0.2, -0.15) is 0 Å². The lowest BCUT2D eigenvalue weighted by Crippen LogP contribution is -2.07. The van der Waals surface area contributed by atoms with Crippen LogP contribution >= 0.6 is 11.6 Å². The first-order chi connectivity index (χ1) is 10.4. The number of nitrogens with zero attached hydrogens (tertiary/aromatic N) is 1. The maximum absolute atomic E-state index is 11.1. The van der Waals surface area contributed by atoms with Crippen LogP contribution in [0.15, 0.2) is 36.4 Å². The molecular weight excluding hydrogens is 308 g/mol. The van der Waals surface area contributed by atoms with E-state index in [1.54, 1.807) is 24.3 Å². The van der Waals surface area contributed by atoms with Crippen molar-refractivity contribution in [3.8, 4) is 5.75 Å². The van der Waals surface area contributed by atoms with Crippen LogP contribution in [-0.4, -0.2) is 17.1 Å². The van der Waals surface area contributed by atoms with Crippen LogP contribution in [0.2, 0.25) is 5.02 Å². The van der Waals surface area contributed by atoms with Crippen LogP contribution in [0.1, 0.15) is 17.2 Å². The molecule has 0 bridgehead atoms. The Morgan fingerprint density at radius 3 is 2.77 bits per heavy atom. The standard InChI is InChI=1S/C15H15ClN2O4/c1-22-14-4-2-3-11(16)15(14)13(19)7-9-5-6-10(17)8-12(9)18(20)21/h2-6,8,13,19H,7,17H2,1H3. The molecule has 0 aromatic heterocycles. The molecule has 0 radical (unpaired) electrons. The van der Waals surface area contributed by atoms with Crippen molar-refractivity contribution in [3.63, 3.8) is 0 Å². The Morgan fingerprint density at radius 1 is 1.41 bits per heavy atom. The first-order valence-electron chi connectivity index (χ1n) is 6.47. The third-order valence-corrected chi connectivity index (χ3v) is 3.61. The van der Waals surface area contributed by atoms with Gasteiger partial charge in [-0.15, -0.1) is 0 Å². The molecule has 3 N–H and O–H groups in total. The number of nitrogen functional groups attached to an aromatic ring is 1. The first-order valence-corrected chi connectivity index (χ1v) is 6.85. The number of ether oxygens (including phenoxy) is 1. The fourth-order valence-electron chi connectivity index (χ4n) is 2.25. The molecule has 0 fully saturated rings. The Labute approximate surface area is 132 Å². The summed E-state index contributed by atoms with van der Waals surface area (Å²) >= 11 is 6.10. The van der Waals surface area contributed by atoms with Crippen molar-refractivity contribution in [1.82, 2.24) is 0 Å². The van der Waals surface area contributed by atoms with Gasteiger partial charge in [0.2, 0.25) is 0 Å². The maximum atomic E-state index is 11.1. The number of aliphatic hydroxyl groups is 1. The minimum Gasteiger partial charge on any atom is -0.496 e. The zero-order valence-electron chi connectivity index (χ0n) is 11.8. The van der Waals surface area contributed by atoms with E-state index in [2.05, 4.69) is 0 Å².